The van der Waals surface area contributed by atoms with Crippen molar-refractivity contribution >= 4 is 11.6 Å². The Bertz CT molecular complexity index is 1440. The second-order valence-electron chi connectivity index (χ2n) is 7.37. The van der Waals surface area contributed by atoms with E-state index in [4.69, 9.17) is 11.6 Å². The number of aromatic nitrogens is 7. The molecule has 0 atom stereocenters. The fourth-order valence-corrected chi connectivity index (χ4v) is 3.84. The van der Waals surface area contributed by atoms with Gasteiger partial charge in [-0.1, -0.05) is 53.6 Å². The van der Waals surface area contributed by atoms with Crippen LogP contribution in [0.3, 0.4) is 0 Å². The van der Waals surface area contributed by atoms with Crippen molar-refractivity contribution in [2.75, 3.05) is 0 Å². The highest BCUT2D eigenvalue weighted by atomic mass is 35.5. The molecular formula is C23H18ClN7O. The molecule has 0 amide bonds. The van der Waals surface area contributed by atoms with E-state index in [0.29, 0.717) is 16.7 Å². The Balaban J connectivity index is 1.47. The van der Waals surface area contributed by atoms with Crippen LogP contribution in [0.5, 0.6) is 0 Å². The van der Waals surface area contributed by atoms with Crippen molar-refractivity contribution in [1.29, 1.82) is 0 Å². The molecule has 32 heavy (non-hydrogen) atoms. The van der Waals surface area contributed by atoms with Crippen LogP contribution in [0, 0.1) is 6.92 Å². The lowest BCUT2D eigenvalue weighted by Gasteiger charge is -2.11. The van der Waals surface area contributed by atoms with Crippen molar-refractivity contribution in [3.8, 4) is 28.1 Å². The summed E-state index contributed by atoms with van der Waals surface area (Å²) in [5.41, 5.74) is 4.94. The van der Waals surface area contributed by atoms with Gasteiger partial charge in [-0.15, -0.1) is 5.10 Å². The lowest BCUT2D eigenvalue weighted by Crippen LogP contribution is -2.20. The quantitative estimate of drug-likeness (QED) is 0.444. The Labute approximate surface area is 188 Å². The molecule has 0 aliphatic rings. The van der Waals surface area contributed by atoms with Crippen molar-refractivity contribution in [2.24, 2.45) is 0 Å². The van der Waals surface area contributed by atoms with Gasteiger partial charge in [0.25, 0.3) is 5.56 Å². The van der Waals surface area contributed by atoms with Gasteiger partial charge in [-0.2, -0.15) is 4.68 Å². The van der Waals surface area contributed by atoms with Crippen LogP contribution >= 0.6 is 11.6 Å². The molecular weight excluding hydrogens is 426 g/mol. The van der Waals surface area contributed by atoms with E-state index < -0.39 is 0 Å². The van der Waals surface area contributed by atoms with Crippen LogP contribution in [-0.2, 0) is 6.54 Å². The largest absolute Gasteiger partial charge is 0.331 e. The van der Waals surface area contributed by atoms with Gasteiger partial charge in [0.05, 0.1) is 12.2 Å². The van der Waals surface area contributed by atoms with Gasteiger partial charge in [0, 0.05) is 23.4 Å². The average Bonchev–Trinajstić information content (AvgIpc) is 3.46. The zero-order chi connectivity index (χ0) is 22.1. The van der Waals surface area contributed by atoms with E-state index in [-0.39, 0.29) is 12.1 Å². The molecule has 9 heteroatoms. The van der Waals surface area contributed by atoms with E-state index in [1.807, 2.05) is 61.5 Å². The maximum absolute atomic E-state index is 12.9. The number of nitrogens with one attached hydrogen (secondary N) is 1. The number of benzene rings is 2. The first-order valence-electron chi connectivity index (χ1n) is 9.93. The van der Waals surface area contributed by atoms with E-state index in [1.165, 1.54) is 6.33 Å². The van der Waals surface area contributed by atoms with E-state index >= 15 is 0 Å². The summed E-state index contributed by atoms with van der Waals surface area (Å²) >= 11 is 6.35. The van der Waals surface area contributed by atoms with Gasteiger partial charge in [-0.25, -0.2) is 4.98 Å². The lowest BCUT2D eigenvalue weighted by atomic mass is 10.0. The van der Waals surface area contributed by atoms with E-state index in [2.05, 4.69) is 25.5 Å². The van der Waals surface area contributed by atoms with Gasteiger partial charge in [0.2, 0.25) is 0 Å². The average molecular weight is 444 g/mol. The van der Waals surface area contributed by atoms with Gasteiger partial charge in [-0.05, 0) is 41.1 Å². The van der Waals surface area contributed by atoms with E-state index in [0.717, 1.165) is 27.9 Å². The van der Waals surface area contributed by atoms with Crippen LogP contribution in [0.1, 0.15) is 11.4 Å². The summed E-state index contributed by atoms with van der Waals surface area (Å²) in [5, 5.41) is 11.8. The molecule has 0 aliphatic carbocycles. The summed E-state index contributed by atoms with van der Waals surface area (Å²) in [4.78, 5) is 20.6. The van der Waals surface area contributed by atoms with Gasteiger partial charge in [-0.3, -0.25) is 4.79 Å². The Morgan fingerprint density at radius 3 is 2.62 bits per heavy atom. The van der Waals surface area contributed by atoms with Crippen LogP contribution in [0.2, 0.25) is 5.15 Å². The Morgan fingerprint density at radius 2 is 1.88 bits per heavy atom. The minimum atomic E-state index is -0.152. The van der Waals surface area contributed by atoms with E-state index in [9.17, 15) is 4.79 Å². The van der Waals surface area contributed by atoms with Crippen LogP contribution in [-0.4, -0.2) is 34.7 Å². The summed E-state index contributed by atoms with van der Waals surface area (Å²) in [5.74, 6) is 0.605. The highest BCUT2D eigenvalue weighted by Crippen LogP contribution is 2.27. The molecule has 5 rings (SSSR count). The smallest absolute Gasteiger partial charge is 0.251 e. The zero-order valence-corrected chi connectivity index (χ0v) is 17.9. The molecule has 0 saturated carbocycles. The van der Waals surface area contributed by atoms with Crippen molar-refractivity contribution in [3.63, 3.8) is 0 Å². The monoisotopic (exact) mass is 443 g/mol. The maximum Gasteiger partial charge on any atom is 0.251 e. The number of imidazole rings is 1. The molecule has 8 nitrogen and oxygen atoms in total. The van der Waals surface area contributed by atoms with Gasteiger partial charge < -0.3 is 9.55 Å². The fourth-order valence-electron chi connectivity index (χ4n) is 3.58. The molecule has 3 aromatic heterocycles. The molecule has 158 valence electrons. The SMILES string of the molecule is Cc1ccc(-n2cnnn2)c(-c2ccn(Cc3nc(-c4ccccc4)c(Cl)[nH]3)c(=O)c2)c1. The number of aryl methyl sites for hydroxylation is 1. The Kier molecular flexibility index (Phi) is 5.12. The van der Waals surface area contributed by atoms with Crippen LogP contribution in [0.25, 0.3) is 28.1 Å². The molecule has 0 aliphatic heterocycles. The molecule has 2 aromatic carbocycles. The second kappa shape index (κ2) is 8.24. The predicted octanol–water partition coefficient (Wildman–Crippen LogP) is 3.89. The molecule has 0 saturated heterocycles. The van der Waals surface area contributed by atoms with Crippen LogP contribution in [0.4, 0.5) is 0 Å². The van der Waals surface area contributed by atoms with Crippen LogP contribution < -0.4 is 5.56 Å². The summed E-state index contributed by atoms with van der Waals surface area (Å²) in [6, 6.07) is 19.1. The first kappa shape index (κ1) is 19.9. The molecule has 0 spiro atoms. The summed E-state index contributed by atoms with van der Waals surface area (Å²) in [7, 11) is 0. The number of tetrazole rings is 1. The normalized spacial score (nSPS) is 11.1. The van der Waals surface area contributed by atoms with E-state index in [1.54, 1.807) is 21.5 Å². The number of H-pyrrole nitrogens is 1. The highest BCUT2D eigenvalue weighted by Gasteiger charge is 2.13. The zero-order valence-electron chi connectivity index (χ0n) is 17.1. The third kappa shape index (κ3) is 3.83. The number of rotatable bonds is 5. The minimum absolute atomic E-state index is 0.152. The third-order valence-electron chi connectivity index (χ3n) is 5.13. The molecule has 3 heterocycles. The molecule has 0 bridgehead atoms. The van der Waals surface area contributed by atoms with Crippen molar-refractivity contribution < 1.29 is 0 Å². The Morgan fingerprint density at radius 1 is 1.03 bits per heavy atom. The minimum Gasteiger partial charge on any atom is -0.331 e. The predicted molar refractivity (Wildman–Crippen MR) is 122 cm³/mol. The number of hydrogen-bond donors (Lipinski definition) is 1. The standard InChI is InChI=1S/C23H18ClN7O/c1-15-7-8-19(31-14-25-28-29-31)18(11-15)17-9-10-30(21(32)12-17)13-20-26-22(23(24)27-20)16-5-3-2-4-6-16/h2-12,14H,13H2,1H3,(H,26,27). The number of nitrogens with zero attached hydrogens (tertiary/aromatic N) is 6. The van der Waals surface area contributed by atoms with Gasteiger partial charge in [0.1, 0.15) is 23.0 Å². The molecule has 5 aromatic rings. The number of pyridine rings is 1. The van der Waals surface area contributed by atoms with Crippen LogP contribution in [0.15, 0.2) is 78.0 Å². The number of halogens is 1. The second-order valence-corrected chi connectivity index (χ2v) is 7.75. The fraction of sp³-hybridized carbons (Fsp3) is 0.0870. The lowest BCUT2D eigenvalue weighted by molar-refractivity contribution is 0.725. The Hall–Kier alpha value is -4.04. The third-order valence-corrected chi connectivity index (χ3v) is 5.40. The highest BCUT2D eigenvalue weighted by molar-refractivity contribution is 6.31. The molecule has 1 N–H and O–H groups in total. The summed E-state index contributed by atoms with van der Waals surface area (Å²) in [6.45, 7) is 2.28. The summed E-state index contributed by atoms with van der Waals surface area (Å²) < 4.78 is 3.16. The van der Waals surface area contributed by atoms with Crippen molar-refractivity contribution in [1.82, 2.24) is 34.7 Å². The first-order chi connectivity index (χ1) is 15.6. The number of aromatic amines is 1. The number of hydrogen-bond acceptors (Lipinski definition) is 5. The molecule has 0 unspecified atom stereocenters. The van der Waals surface area contributed by atoms with Crippen molar-refractivity contribution in [2.45, 2.75) is 13.5 Å². The summed E-state index contributed by atoms with van der Waals surface area (Å²) in [6.07, 6.45) is 3.28. The van der Waals surface area contributed by atoms with Gasteiger partial charge in [0.15, 0.2) is 0 Å². The first-order valence-corrected chi connectivity index (χ1v) is 10.3. The maximum atomic E-state index is 12.9. The topological polar surface area (TPSA) is 94.3 Å². The van der Waals surface area contributed by atoms with Crippen molar-refractivity contribution in [3.05, 3.63) is 100 Å². The van der Waals surface area contributed by atoms with Gasteiger partial charge >= 0.3 is 0 Å². The molecule has 0 fully saturated rings. The molecule has 0 radical (unpaired) electrons.